The van der Waals surface area contributed by atoms with Crippen LogP contribution in [0.3, 0.4) is 0 Å². The molecule has 4 heteroatoms. The molecule has 0 radical (unpaired) electrons. The minimum Gasteiger partial charge on any atom is -0.444 e. The molecule has 2 saturated carbocycles. The monoisotopic (exact) mass is 268 g/mol. The second-order valence-electron chi connectivity index (χ2n) is 7.05. The largest absolute Gasteiger partial charge is 0.444 e. The first kappa shape index (κ1) is 14.6. The molecule has 0 aromatic rings. The summed E-state index contributed by atoms with van der Waals surface area (Å²) in [5.74, 6) is 1.03. The van der Waals surface area contributed by atoms with E-state index in [1.165, 1.54) is 25.7 Å². The summed E-state index contributed by atoms with van der Waals surface area (Å²) < 4.78 is 5.24. The molecular weight excluding hydrogens is 240 g/mol. The van der Waals surface area contributed by atoms with E-state index >= 15 is 0 Å². The van der Waals surface area contributed by atoms with Crippen LogP contribution in [0.25, 0.3) is 0 Å². The van der Waals surface area contributed by atoms with Crippen molar-refractivity contribution >= 4 is 6.09 Å². The molecule has 2 aliphatic carbocycles. The summed E-state index contributed by atoms with van der Waals surface area (Å²) in [5.41, 5.74) is -0.408. The standard InChI is InChI=1S/C15H28N2O2/c1-15(2,3)19-14(18)17-13-9-12(10-13)16-8-4-5-11-6-7-11/h11-13,16H,4-10H2,1-3H3,(H,17,18). The van der Waals surface area contributed by atoms with Crippen LogP contribution in [0.2, 0.25) is 0 Å². The van der Waals surface area contributed by atoms with Gasteiger partial charge in [0.05, 0.1) is 0 Å². The Labute approximate surface area is 116 Å². The molecule has 0 spiro atoms. The van der Waals surface area contributed by atoms with Crippen molar-refractivity contribution in [1.82, 2.24) is 10.6 Å². The second-order valence-corrected chi connectivity index (χ2v) is 7.05. The van der Waals surface area contributed by atoms with E-state index in [9.17, 15) is 4.79 Å². The van der Waals surface area contributed by atoms with Gasteiger partial charge >= 0.3 is 6.09 Å². The number of alkyl carbamates (subject to hydrolysis) is 1. The SMILES string of the molecule is CC(C)(C)OC(=O)NC1CC(NCCCC2CC2)C1. The van der Waals surface area contributed by atoms with Gasteiger partial charge in [0.1, 0.15) is 5.60 Å². The number of amides is 1. The Balaban J connectivity index is 1.47. The molecule has 110 valence electrons. The number of ether oxygens (including phenoxy) is 1. The van der Waals surface area contributed by atoms with Crippen LogP contribution in [0.4, 0.5) is 4.79 Å². The molecule has 2 aliphatic rings. The predicted molar refractivity (Wildman–Crippen MR) is 76.1 cm³/mol. The molecule has 2 N–H and O–H groups in total. The van der Waals surface area contributed by atoms with Crippen molar-refractivity contribution in [2.45, 2.75) is 77.0 Å². The normalized spacial score (nSPS) is 26.7. The number of hydrogen-bond acceptors (Lipinski definition) is 3. The van der Waals surface area contributed by atoms with Crippen LogP contribution in [0, 0.1) is 5.92 Å². The van der Waals surface area contributed by atoms with E-state index in [-0.39, 0.29) is 12.1 Å². The van der Waals surface area contributed by atoms with Crippen LogP contribution in [0.5, 0.6) is 0 Å². The third kappa shape index (κ3) is 5.81. The van der Waals surface area contributed by atoms with Crippen molar-refractivity contribution in [2.24, 2.45) is 5.92 Å². The highest BCUT2D eigenvalue weighted by atomic mass is 16.6. The van der Waals surface area contributed by atoms with Crippen LogP contribution >= 0.6 is 0 Å². The summed E-state index contributed by atoms with van der Waals surface area (Å²) in [5, 5.41) is 6.48. The molecule has 0 aromatic heterocycles. The van der Waals surface area contributed by atoms with E-state index in [1.807, 2.05) is 20.8 Å². The predicted octanol–water partition coefficient (Wildman–Crippen LogP) is 2.82. The van der Waals surface area contributed by atoms with Crippen LogP contribution in [0.1, 0.15) is 59.3 Å². The fourth-order valence-electron chi connectivity index (χ4n) is 2.48. The van der Waals surface area contributed by atoms with Crippen molar-refractivity contribution in [2.75, 3.05) is 6.54 Å². The Kier molecular flexibility index (Phi) is 4.71. The molecule has 4 nitrogen and oxygen atoms in total. The second kappa shape index (κ2) is 6.12. The van der Waals surface area contributed by atoms with Crippen molar-refractivity contribution in [3.8, 4) is 0 Å². The van der Waals surface area contributed by atoms with Gasteiger partial charge in [-0.25, -0.2) is 4.79 Å². The molecule has 0 heterocycles. The summed E-state index contributed by atoms with van der Waals surface area (Å²) in [7, 11) is 0. The Bertz CT molecular complexity index is 302. The Morgan fingerprint density at radius 3 is 2.47 bits per heavy atom. The summed E-state index contributed by atoms with van der Waals surface area (Å²) in [4.78, 5) is 11.6. The molecule has 0 aliphatic heterocycles. The van der Waals surface area contributed by atoms with E-state index in [0.29, 0.717) is 6.04 Å². The highest BCUT2D eigenvalue weighted by Gasteiger charge is 2.31. The fraction of sp³-hybridized carbons (Fsp3) is 0.933. The lowest BCUT2D eigenvalue weighted by Gasteiger charge is -2.36. The van der Waals surface area contributed by atoms with Gasteiger partial charge < -0.3 is 15.4 Å². The van der Waals surface area contributed by atoms with Crippen LogP contribution in [-0.2, 0) is 4.74 Å². The van der Waals surface area contributed by atoms with Crippen molar-refractivity contribution in [3.63, 3.8) is 0 Å². The van der Waals surface area contributed by atoms with E-state index < -0.39 is 5.60 Å². The highest BCUT2D eigenvalue weighted by molar-refractivity contribution is 5.68. The number of rotatable bonds is 6. The zero-order valence-electron chi connectivity index (χ0n) is 12.5. The van der Waals surface area contributed by atoms with Gasteiger partial charge in [-0.1, -0.05) is 12.8 Å². The zero-order chi connectivity index (χ0) is 13.9. The lowest BCUT2D eigenvalue weighted by Crippen LogP contribution is -2.53. The zero-order valence-corrected chi connectivity index (χ0v) is 12.5. The van der Waals surface area contributed by atoms with Crippen molar-refractivity contribution < 1.29 is 9.53 Å². The first-order valence-electron chi connectivity index (χ1n) is 7.65. The molecule has 0 unspecified atom stereocenters. The third-order valence-electron chi connectivity index (χ3n) is 3.78. The van der Waals surface area contributed by atoms with Crippen molar-refractivity contribution in [1.29, 1.82) is 0 Å². The molecule has 2 rings (SSSR count). The van der Waals surface area contributed by atoms with Gasteiger partial charge in [-0.2, -0.15) is 0 Å². The maximum absolute atomic E-state index is 11.6. The third-order valence-corrected chi connectivity index (χ3v) is 3.78. The van der Waals surface area contributed by atoms with Gasteiger partial charge in [-0.05, 0) is 58.9 Å². The lowest BCUT2D eigenvalue weighted by atomic mass is 9.87. The van der Waals surface area contributed by atoms with E-state index in [1.54, 1.807) is 0 Å². The molecule has 19 heavy (non-hydrogen) atoms. The Morgan fingerprint density at radius 1 is 1.21 bits per heavy atom. The smallest absolute Gasteiger partial charge is 0.407 e. The van der Waals surface area contributed by atoms with Crippen LogP contribution in [0.15, 0.2) is 0 Å². The fourth-order valence-corrected chi connectivity index (χ4v) is 2.48. The minimum absolute atomic E-state index is 0.287. The van der Waals surface area contributed by atoms with Gasteiger partial charge in [0.15, 0.2) is 0 Å². The lowest BCUT2D eigenvalue weighted by molar-refractivity contribution is 0.0465. The summed E-state index contributed by atoms with van der Waals surface area (Å²) in [6, 6.07) is 0.870. The van der Waals surface area contributed by atoms with E-state index in [4.69, 9.17) is 4.74 Å². The number of nitrogens with one attached hydrogen (secondary N) is 2. The van der Waals surface area contributed by atoms with E-state index in [0.717, 1.165) is 25.3 Å². The highest BCUT2D eigenvalue weighted by Crippen LogP contribution is 2.33. The van der Waals surface area contributed by atoms with Gasteiger partial charge in [0.2, 0.25) is 0 Å². The molecule has 0 saturated heterocycles. The maximum Gasteiger partial charge on any atom is 0.407 e. The number of carbonyl (C=O) groups is 1. The van der Waals surface area contributed by atoms with Crippen molar-refractivity contribution in [3.05, 3.63) is 0 Å². The maximum atomic E-state index is 11.6. The van der Waals surface area contributed by atoms with Gasteiger partial charge in [-0.15, -0.1) is 0 Å². The molecule has 0 bridgehead atoms. The Hall–Kier alpha value is -0.770. The summed E-state index contributed by atoms with van der Waals surface area (Å²) in [6.07, 6.45) is 7.36. The first-order chi connectivity index (χ1) is 8.92. The summed E-state index contributed by atoms with van der Waals surface area (Å²) >= 11 is 0. The minimum atomic E-state index is -0.408. The average Bonchev–Trinajstić information content (AvgIpc) is 3.00. The number of hydrogen-bond donors (Lipinski definition) is 2. The van der Waals surface area contributed by atoms with Gasteiger partial charge in [-0.3, -0.25) is 0 Å². The summed E-state index contributed by atoms with van der Waals surface area (Å²) in [6.45, 7) is 6.78. The average molecular weight is 268 g/mol. The van der Waals surface area contributed by atoms with Crippen LogP contribution < -0.4 is 10.6 Å². The molecular formula is C15H28N2O2. The molecule has 0 atom stereocenters. The molecule has 2 fully saturated rings. The topological polar surface area (TPSA) is 50.4 Å². The van der Waals surface area contributed by atoms with Gasteiger partial charge in [0, 0.05) is 12.1 Å². The van der Waals surface area contributed by atoms with E-state index in [2.05, 4.69) is 10.6 Å². The number of carbonyl (C=O) groups excluding carboxylic acids is 1. The molecule has 0 aromatic carbocycles. The van der Waals surface area contributed by atoms with Gasteiger partial charge in [0.25, 0.3) is 0 Å². The quantitative estimate of drug-likeness (QED) is 0.728. The first-order valence-corrected chi connectivity index (χ1v) is 7.65. The van der Waals surface area contributed by atoms with Crippen LogP contribution in [-0.4, -0.2) is 30.3 Å². The molecule has 1 amide bonds. The Morgan fingerprint density at radius 2 is 1.89 bits per heavy atom.